The first-order chi connectivity index (χ1) is 18.3. The molecule has 4 rings (SSSR count). The lowest BCUT2D eigenvalue weighted by Gasteiger charge is -2.50. The fourth-order valence-corrected chi connectivity index (χ4v) is 5.75. The summed E-state index contributed by atoms with van der Waals surface area (Å²) in [6.07, 6.45) is 3.54. The number of hydrogen-bond donors (Lipinski definition) is 2. The van der Waals surface area contributed by atoms with Gasteiger partial charge in [0.05, 0.1) is 17.8 Å². The van der Waals surface area contributed by atoms with E-state index < -0.39 is 47.8 Å². The lowest BCUT2D eigenvalue weighted by atomic mass is 9.72. The zero-order valence-electron chi connectivity index (χ0n) is 22.9. The minimum atomic E-state index is -1.27. The van der Waals surface area contributed by atoms with Crippen LogP contribution in [0, 0.1) is 17.6 Å². The molecule has 0 unspecified atom stereocenters. The van der Waals surface area contributed by atoms with E-state index in [4.69, 9.17) is 9.47 Å². The summed E-state index contributed by atoms with van der Waals surface area (Å²) in [6, 6.07) is 8.51. The highest BCUT2D eigenvalue weighted by atomic mass is 19.2. The van der Waals surface area contributed by atoms with Gasteiger partial charge < -0.3 is 24.6 Å². The van der Waals surface area contributed by atoms with E-state index in [1.54, 1.807) is 32.0 Å². The van der Waals surface area contributed by atoms with Crippen molar-refractivity contribution in [1.82, 2.24) is 4.90 Å². The number of hydrogen-bond acceptors (Lipinski definition) is 5. The van der Waals surface area contributed by atoms with Crippen LogP contribution >= 0.6 is 0 Å². The van der Waals surface area contributed by atoms with Crippen molar-refractivity contribution in [2.45, 2.75) is 89.8 Å². The van der Waals surface area contributed by atoms with Crippen LogP contribution in [0.3, 0.4) is 0 Å². The molecule has 2 heterocycles. The highest BCUT2D eigenvalue weighted by Crippen LogP contribution is 2.52. The Morgan fingerprint density at radius 3 is 2.62 bits per heavy atom. The molecule has 212 valence electrons. The van der Waals surface area contributed by atoms with Gasteiger partial charge in [-0.15, -0.1) is 0 Å². The van der Waals surface area contributed by atoms with Gasteiger partial charge in [-0.2, -0.15) is 0 Å². The number of ether oxygens (including phenoxy) is 2. The molecule has 9 heteroatoms. The molecule has 0 radical (unpaired) electrons. The molecular weight excluding hydrogens is 508 g/mol. The number of nitrogens with zero attached hydrogens (tertiary/aromatic N) is 1. The molecule has 2 aliphatic rings. The Hall–Kier alpha value is -3.04. The minimum absolute atomic E-state index is 0.0108. The number of amides is 1. The number of aliphatic hydroxyl groups is 1. The van der Waals surface area contributed by atoms with E-state index in [0.717, 1.165) is 36.6 Å². The standard InChI is InChI=1S/C30H37F2NO6/c1-18-9-11-22-27(38-18)21-15-19(10-12-24(21)39-30(22,4)14-6-13-29(2,3)37)28(36)33(17-25(34)35)16-20-7-5-8-23(31)26(20)32/h5,7-8,10,12,15,18,22,27,37H,6,9,11,13-14,16-17H2,1-4H3,(H,34,35)/t18-,22-,27+,30-/m1/s1. The van der Waals surface area contributed by atoms with Gasteiger partial charge in [0.15, 0.2) is 11.6 Å². The Balaban J connectivity index is 1.64. The first-order valence-electron chi connectivity index (χ1n) is 13.4. The molecule has 2 N–H and O–H groups in total. The van der Waals surface area contributed by atoms with Crippen LogP contribution in [-0.4, -0.2) is 50.8 Å². The Labute approximate surface area is 227 Å². The average Bonchev–Trinajstić information content (AvgIpc) is 2.84. The third kappa shape index (κ3) is 6.58. The van der Waals surface area contributed by atoms with Gasteiger partial charge in [-0.05, 0) is 84.1 Å². The normalized spacial score (nSPS) is 24.3. The van der Waals surface area contributed by atoms with Crippen LogP contribution in [-0.2, 0) is 16.1 Å². The van der Waals surface area contributed by atoms with E-state index in [9.17, 15) is 28.6 Å². The Bertz CT molecular complexity index is 1230. The van der Waals surface area contributed by atoms with Crippen LogP contribution in [0.15, 0.2) is 36.4 Å². The summed E-state index contributed by atoms with van der Waals surface area (Å²) in [5.74, 6) is -3.47. The van der Waals surface area contributed by atoms with E-state index in [2.05, 4.69) is 6.92 Å². The van der Waals surface area contributed by atoms with Gasteiger partial charge in [0.1, 0.15) is 17.9 Å². The average molecular weight is 546 g/mol. The molecule has 0 spiro atoms. The van der Waals surface area contributed by atoms with Crippen molar-refractivity contribution < 1.29 is 38.1 Å². The zero-order chi connectivity index (χ0) is 28.5. The number of benzene rings is 2. The topological polar surface area (TPSA) is 96.3 Å². The number of carboxylic acids is 1. The quantitative estimate of drug-likeness (QED) is 0.423. The lowest BCUT2D eigenvalue weighted by molar-refractivity contribution is -0.153. The highest BCUT2D eigenvalue weighted by Gasteiger charge is 2.49. The highest BCUT2D eigenvalue weighted by molar-refractivity contribution is 5.96. The molecule has 1 saturated heterocycles. The van der Waals surface area contributed by atoms with Crippen LogP contribution in [0.2, 0.25) is 0 Å². The predicted octanol–water partition coefficient (Wildman–Crippen LogP) is 5.64. The van der Waals surface area contributed by atoms with Crippen molar-refractivity contribution in [2.75, 3.05) is 6.54 Å². The van der Waals surface area contributed by atoms with Crippen molar-refractivity contribution >= 4 is 11.9 Å². The van der Waals surface area contributed by atoms with E-state index >= 15 is 0 Å². The van der Waals surface area contributed by atoms with Gasteiger partial charge >= 0.3 is 5.97 Å². The minimum Gasteiger partial charge on any atom is -0.487 e. The largest absolute Gasteiger partial charge is 0.487 e. The first kappa shape index (κ1) is 29.0. The molecule has 4 atom stereocenters. The molecule has 2 aromatic carbocycles. The van der Waals surface area contributed by atoms with Gasteiger partial charge in [0.2, 0.25) is 0 Å². The maximum atomic E-state index is 14.3. The van der Waals surface area contributed by atoms with E-state index in [1.165, 1.54) is 12.1 Å². The number of carbonyl (C=O) groups is 2. The number of carboxylic acid groups (broad SMARTS) is 1. The Morgan fingerprint density at radius 1 is 1.18 bits per heavy atom. The van der Waals surface area contributed by atoms with E-state index in [1.807, 2.05) is 6.92 Å². The summed E-state index contributed by atoms with van der Waals surface area (Å²) in [5.41, 5.74) is -0.493. The first-order valence-corrected chi connectivity index (χ1v) is 13.4. The summed E-state index contributed by atoms with van der Waals surface area (Å²) >= 11 is 0. The molecular formula is C30H37F2NO6. The van der Waals surface area contributed by atoms with Gasteiger partial charge in [-0.1, -0.05) is 12.1 Å². The summed E-state index contributed by atoms with van der Waals surface area (Å²) in [7, 11) is 0. The fraction of sp³-hybridized carbons (Fsp3) is 0.533. The van der Waals surface area contributed by atoms with Gasteiger partial charge in [-0.3, -0.25) is 9.59 Å². The molecule has 0 saturated carbocycles. The van der Waals surface area contributed by atoms with Gasteiger partial charge in [-0.25, -0.2) is 8.78 Å². The molecule has 7 nitrogen and oxygen atoms in total. The van der Waals surface area contributed by atoms with Crippen LogP contribution in [0.25, 0.3) is 0 Å². The summed E-state index contributed by atoms with van der Waals surface area (Å²) in [6.45, 7) is 6.57. The summed E-state index contributed by atoms with van der Waals surface area (Å²) in [4.78, 5) is 26.0. The third-order valence-corrected chi connectivity index (χ3v) is 7.79. The monoisotopic (exact) mass is 545 g/mol. The van der Waals surface area contributed by atoms with Crippen molar-refractivity contribution in [1.29, 1.82) is 0 Å². The van der Waals surface area contributed by atoms with Crippen LogP contribution in [0.5, 0.6) is 5.75 Å². The zero-order valence-corrected chi connectivity index (χ0v) is 22.9. The van der Waals surface area contributed by atoms with Crippen molar-refractivity contribution in [3.8, 4) is 5.75 Å². The number of rotatable bonds is 9. The predicted molar refractivity (Wildman–Crippen MR) is 140 cm³/mol. The second-order valence-electron chi connectivity index (χ2n) is 11.7. The van der Waals surface area contributed by atoms with Crippen LogP contribution < -0.4 is 4.74 Å². The van der Waals surface area contributed by atoms with E-state index in [0.29, 0.717) is 17.7 Å². The van der Waals surface area contributed by atoms with Gasteiger partial charge in [0, 0.05) is 29.2 Å². The second-order valence-corrected chi connectivity index (χ2v) is 11.7. The molecule has 0 aliphatic carbocycles. The smallest absolute Gasteiger partial charge is 0.323 e. The molecule has 0 aromatic heterocycles. The van der Waals surface area contributed by atoms with Gasteiger partial charge in [0.25, 0.3) is 5.91 Å². The number of fused-ring (bicyclic) bond motifs is 3. The fourth-order valence-electron chi connectivity index (χ4n) is 5.75. The molecule has 2 aliphatic heterocycles. The number of carbonyl (C=O) groups excluding carboxylic acids is 1. The molecule has 1 amide bonds. The van der Waals surface area contributed by atoms with E-state index in [-0.39, 0.29) is 29.3 Å². The maximum absolute atomic E-state index is 14.3. The number of aliphatic carboxylic acids is 1. The van der Waals surface area contributed by atoms with Crippen molar-refractivity contribution in [3.05, 3.63) is 64.7 Å². The van der Waals surface area contributed by atoms with Crippen LogP contribution in [0.1, 0.15) is 87.4 Å². The molecule has 39 heavy (non-hydrogen) atoms. The summed E-state index contributed by atoms with van der Waals surface area (Å²) in [5, 5.41) is 19.6. The number of halogens is 2. The second kappa shape index (κ2) is 11.2. The third-order valence-electron chi connectivity index (χ3n) is 7.79. The molecule has 0 bridgehead atoms. The molecule has 1 fully saturated rings. The van der Waals surface area contributed by atoms with Crippen LogP contribution in [0.4, 0.5) is 8.78 Å². The summed E-state index contributed by atoms with van der Waals surface area (Å²) < 4.78 is 41.0. The Kier molecular flexibility index (Phi) is 8.33. The Morgan fingerprint density at radius 2 is 1.92 bits per heavy atom. The molecule has 2 aromatic rings. The van der Waals surface area contributed by atoms with Crippen molar-refractivity contribution in [2.24, 2.45) is 5.92 Å². The maximum Gasteiger partial charge on any atom is 0.323 e. The lowest BCUT2D eigenvalue weighted by Crippen LogP contribution is -2.50. The SMILES string of the molecule is C[C@@H]1CC[C@@H]2[C@@H](O1)c1cc(C(=O)N(CC(=O)O)Cc3cccc(F)c3F)ccc1O[C@]2(C)CCCC(C)(C)O. The van der Waals surface area contributed by atoms with Crippen molar-refractivity contribution in [3.63, 3.8) is 0 Å².